The minimum atomic E-state index is -3.48. The summed E-state index contributed by atoms with van der Waals surface area (Å²) in [7, 11) is -0.322. The molecule has 4 rings (SSSR count). The number of para-hydroxylation sites is 1. The summed E-state index contributed by atoms with van der Waals surface area (Å²) >= 11 is 0. The van der Waals surface area contributed by atoms with Gasteiger partial charge in [-0.3, -0.25) is 9.59 Å². The number of aryl methyl sites for hydroxylation is 1. The van der Waals surface area contributed by atoms with Gasteiger partial charge in [-0.1, -0.05) is 48.0 Å². The van der Waals surface area contributed by atoms with Crippen molar-refractivity contribution < 1.29 is 27.5 Å². The average Bonchev–Trinajstić information content (AvgIpc) is 2.98. The number of piperidine rings is 1. The first-order valence-corrected chi connectivity index (χ1v) is 15.2. The van der Waals surface area contributed by atoms with Crippen molar-refractivity contribution in [2.75, 3.05) is 39.2 Å². The van der Waals surface area contributed by atoms with E-state index in [4.69, 9.17) is 9.47 Å². The van der Waals surface area contributed by atoms with Gasteiger partial charge in [0.2, 0.25) is 15.9 Å². The van der Waals surface area contributed by atoms with Crippen molar-refractivity contribution in [3.63, 3.8) is 0 Å². The fourth-order valence-electron chi connectivity index (χ4n) is 4.86. The Bertz CT molecular complexity index is 1470. The molecule has 1 aliphatic rings. The number of nitrogens with one attached hydrogen (secondary N) is 2. The molecule has 0 spiro atoms. The normalized spacial score (nSPS) is 14.3. The van der Waals surface area contributed by atoms with Crippen molar-refractivity contribution >= 4 is 27.5 Å². The second-order valence-electron chi connectivity index (χ2n) is 10.1. The second kappa shape index (κ2) is 13.6. The van der Waals surface area contributed by atoms with Crippen molar-refractivity contribution in [1.29, 1.82) is 0 Å². The zero-order valence-corrected chi connectivity index (χ0v) is 24.5. The van der Waals surface area contributed by atoms with Gasteiger partial charge in [-0.25, -0.2) is 12.7 Å². The Labute approximate surface area is 241 Å². The highest BCUT2D eigenvalue weighted by Gasteiger charge is 2.31. The predicted octanol–water partition coefficient (Wildman–Crippen LogP) is 4.17. The first-order chi connectivity index (χ1) is 19.7. The Hall–Kier alpha value is -3.89. The zero-order chi connectivity index (χ0) is 29.4. The molecule has 9 nitrogen and oxygen atoms in total. The molecule has 2 amide bonds. The maximum Gasteiger partial charge on any atom is 0.253 e. The van der Waals surface area contributed by atoms with Crippen LogP contribution in [0.1, 0.15) is 39.9 Å². The number of hydrogen-bond acceptors (Lipinski definition) is 6. The summed E-state index contributed by atoms with van der Waals surface area (Å²) in [6, 6.07) is 19.9. The molecule has 1 fully saturated rings. The largest absolute Gasteiger partial charge is 0.493 e. The quantitative estimate of drug-likeness (QED) is 0.353. The topological polar surface area (TPSA) is 114 Å². The third-order valence-electron chi connectivity index (χ3n) is 7.26. The molecule has 0 atom stereocenters. The maximum atomic E-state index is 13.1. The summed E-state index contributed by atoms with van der Waals surface area (Å²) in [6.45, 7) is 2.92. The summed E-state index contributed by atoms with van der Waals surface area (Å²) in [5.74, 6) is 0.351. The van der Waals surface area contributed by atoms with Gasteiger partial charge in [0.1, 0.15) is 0 Å². The van der Waals surface area contributed by atoms with E-state index in [2.05, 4.69) is 10.6 Å². The summed E-state index contributed by atoms with van der Waals surface area (Å²) < 4.78 is 37.9. The SMILES string of the molecule is COc1ccc(CCNC(=O)c2ccccc2NC(=O)C2CCN(S(=O)(=O)Cc3ccc(C)cc3)CC2)cc1OC. The van der Waals surface area contributed by atoms with Crippen LogP contribution in [0.25, 0.3) is 0 Å². The number of sulfonamides is 1. The number of rotatable bonds is 11. The van der Waals surface area contributed by atoms with Crippen molar-refractivity contribution in [2.45, 2.75) is 31.9 Å². The molecule has 0 unspecified atom stereocenters. The van der Waals surface area contributed by atoms with Gasteiger partial charge >= 0.3 is 0 Å². The second-order valence-corrected chi connectivity index (χ2v) is 12.1. The van der Waals surface area contributed by atoms with Gasteiger partial charge in [0.05, 0.1) is 31.2 Å². The van der Waals surface area contributed by atoms with Crippen molar-refractivity contribution in [1.82, 2.24) is 9.62 Å². The van der Waals surface area contributed by atoms with Gasteiger partial charge in [-0.2, -0.15) is 0 Å². The monoisotopic (exact) mass is 579 g/mol. The van der Waals surface area contributed by atoms with E-state index in [9.17, 15) is 18.0 Å². The predicted molar refractivity (Wildman–Crippen MR) is 159 cm³/mol. The average molecular weight is 580 g/mol. The number of anilines is 1. The Morgan fingerprint density at radius 2 is 1.56 bits per heavy atom. The van der Waals surface area contributed by atoms with Crippen LogP contribution in [0.4, 0.5) is 5.69 Å². The van der Waals surface area contributed by atoms with Gasteiger partial charge in [0.25, 0.3) is 5.91 Å². The molecule has 10 heteroatoms. The van der Waals surface area contributed by atoms with E-state index >= 15 is 0 Å². The van der Waals surface area contributed by atoms with Crippen LogP contribution in [-0.4, -0.2) is 58.4 Å². The number of benzene rings is 3. The Balaban J connectivity index is 1.30. The van der Waals surface area contributed by atoms with Crippen LogP contribution < -0.4 is 20.1 Å². The Morgan fingerprint density at radius 1 is 0.902 bits per heavy atom. The first-order valence-electron chi connectivity index (χ1n) is 13.6. The lowest BCUT2D eigenvalue weighted by Crippen LogP contribution is -2.42. The van der Waals surface area contributed by atoms with Crippen LogP contribution in [-0.2, 0) is 27.0 Å². The number of hydrogen-bond donors (Lipinski definition) is 2. The number of carbonyl (C=O) groups excluding carboxylic acids is 2. The number of ether oxygens (including phenoxy) is 2. The molecule has 41 heavy (non-hydrogen) atoms. The van der Waals surface area contributed by atoms with E-state index in [1.54, 1.807) is 38.5 Å². The summed E-state index contributed by atoms with van der Waals surface area (Å²) in [5.41, 5.74) is 3.60. The highest BCUT2D eigenvalue weighted by molar-refractivity contribution is 7.88. The van der Waals surface area contributed by atoms with E-state index in [0.717, 1.165) is 16.7 Å². The number of carbonyl (C=O) groups is 2. The van der Waals surface area contributed by atoms with Crippen LogP contribution in [0.5, 0.6) is 11.5 Å². The van der Waals surface area contributed by atoms with Gasteiger partial charge in [-0.05, 0) is 61.6 Å². The van der Waals surface area contributed by atoms with Crippen molar-refractivity contribution in [3.05, 3.63) is 89.0 Å². The van der Waals surface area contributed by atoms with E-state index in [1.165, 1.54) is 4.31 Å². The summed E-state index contributed by atoms with van der Waals surface area (Å²) in [6.07, 6.45) is 1.42. The molecular weight excluding hydrogens is 542 g/mol. The van der Waals surface area contributed by atoms with Crippen LogP contribution in [0.2, 0.25) is 0 Å². The van der Waals surface area contributed by atoms with E-state index in [0.29, 0.717) is 48.6 Å². The number of nitrogens with zero attached hydrogens (tertiary/aromatic N) is 1. The third kappa shape index (κ3) is 7.86. The minimum absolute atomic E-state index is 0.0569. The smallest absolute Gasteiger partial charge is 0.253 e. The lowest BCUT2D eigenvalue weighted by atomic mass is 9.97. The minimum Gasteiger partial charge on any atom is -0.493 e. The summed E-state index contributed by atoms with van der Waals surface area (Å²) in [5, 5.41) is 5.81. The van der Waals surface area contributed by atoms with Gasteiger partial charge in [0.15, 0.2) is 11.5 Å². The molecule has 0 bridgehead atoms. The molecule has 1 aliphatic heterocycles. The fraction of sp³-hybridized carbons (Fsp3) is 0.355. The van der Waals surface area contributed by atoms with Gasteiger partial charge in [-0.15, -0.1) is 0 Å². The highest BCUT2D eigenvalue weighted by Crippen LogP contribution is 2.28. The molecule has 1 heterocycles. The van der Waals surface area contributed by atoms with Crippen LogP contribution in [0, 0.1) is 12.8 Å². The zero-order valence-electron chi connectivity index (χ0n) is 23.7. The molecular formula is C31H37N3O6S. The third-order valence-corrected chi connectivity index (χ3v) is 9.11. The molecule has 3 aromatic carbocycles. The number of amides is 2. The molecule has 3 aromatic rings. The van der Waals surface area contributed by atoms with Gasteiger partial charge < -0.3 is 20.1 Å². The van der Waals surface area contributed by atoms with Gasteiger partial charge in [0, 0.05) is 25.6 Å². The van der Waals surface area contributed by atoms with Crippen LogP contribution >= 0.6 is 0 Å². The lowest BCUT2D eigenvalue weighted by Gasteiger charge is -2.30. The molecule has 0 aliphatic carbocycles. The highest BCUT2D eigenvalue weighted by atomic mass is 32.2. The molecule has 0 radical (unpaired) electrons. The molecule has 1 saturated heterocycles. The van der Waals surface area contributed by atoms with Crippen LogP contribution in [0.15, 0.2) is 66.7 Å². The van der Waals surface area contributed by atoms with E-state index in [-0.39, 0.29) is 36.6 Å². The van der Waals surface area contributed by atoms with Crippen molar-refractivity contribution in [2.24, 2.45) is 5.92 Å². The molecule has 2 N–H and O–H groups in total. The molecule has 0 aromatic heterocycles. The van der Waals surface area contributed by atoms with Crippen LogP contribution in [0.3, 0.4) is 0 Å². The molecule has 0 saturated carbocycles. The van der Waals surface area contributed by atoms with E-state index in [1.807, 2.05) is 49.4 Å². The van der Waals surface area contributed by atoms with E-state index < -0.39 is 10.0 Å². The summed E-state index contributed by atoms with van der Waals surface area (Å²) in [4.78, 5) is 26.1. The Morgan fingerprint density at radius 3 is 2.24 bits per heavy atom. The van der Waals surface area contributed by atoms with Crippen molar-refractivity contribution in [3.8, 4) is 11.5 Å². The lowest BCUT2D eigenvalue weighted by molar-refractivity contribution is -0.120. The first kappa shape index (κ1) is 30.1. The maximum absolute atomic E-state index is 13.1. The molecule has 218 valence electrons. The Kier molecular flexibility index (Phi) is 10.0. The standard InChI is InChI=1S/C31H37N3O6S/c1-22-8-10-24(11-9-22)21-41(37,38)34-18-15-25(16-19-34)30(35)33-27-7-5-4-6-26(27)31(36)32-17-14-23-12-13-28(39-2)29(20-23)40-3/h4-13,20,25H,14-19,21H2,1-3H3,(H,32,36)(H,33,35). The number of methoxy groups -OCH3 is 2. The fourth-order valence-corrected chi connectivity index (χ4v) is 6.42.